The second-order valence-corrected chi connectivity index (χ2v) is 4.49. The van der Waals surface area contributed by atoms with Gasteiger partial charge in [0.05, 0.1) is 0 Å². The number of rotatable bonds is 4. The number of nitrogens with two attached hydrogens (primary N) is 1. The van der Waals surface area contributed by atoms with E-state index in [1.165, 1.54) is 0 Å². The normalized spacial score (nSPS) is 22.0. The first kappa shape index (κ1) is 13.8. The molecular formula is C11H22N4O2. The molecule has 0 spiro atoms. The number of carbonyl (C=O) groups is 2. The highest BCUT2D eigenvalue weighted by Gasteiger charge is 2.27. The summed E-state index contributed by atoms with van der Waals surface area (Å²) in [5, 5.41) is 5.79. The minimum absolute atomic E-state index is 0.0287. The number of urea groups is 1. The van der Waals surface area contributed by atoms with Crippen molar-refractivity contribution in [2.75, 3.05) is 19.6 Å². The second-order valence-electron chi connectivity index (χ2n) is 4.49. The summed E-state index contributed by atoms with van der Waals surface area (Å²) in [5.41, 5.74) is 5.09. The molecule has 17 heavy (non-hydrogen) atoms. The Morgan fingerprint density at radius 1 is 1.59 bits per heavy atom. The molecule has 98 valence electrons. The van der Waals surface area contributed by atoms with Crippen LogP contribution in [0.2, 0.25) is 0 Å². The molecule has 0 radical (unpaired) electrons. The predicted molar refractivity (Wildman–Crippen MR) is 65.5 cm³/mol. The number of carbonyl (C=O) groups excluding carboxylic acids is 2. The number of amides is 3. The van der Waals surface area contributed by atoms with Gasteiger partial charge in [0.15, 0.2) is 0 Å². The van der Waals surface area contributed by atoms with Crippen molar-refractivity contribution in [3.8, 4) is 0 Å². The maximum absolute atomic E-state index is 12.2. The summed E-state index contributed by atoms with van der Waals surface area (Å²) in [6, 6.07) is -0.827. The zero-order valence-electron chi connectivity index (χ0n) is 10.5. The van der Waals surface area contributed by atoms with Crippen LogP contribution in [0.25, 0.3) is 0 Å². The summed E-state index contributed by atoms with van der Waals surface area (Å²) >= 11 is 0. The Morgan fingerprint density at radius 3 is 2.82 bits per heavy atom. The van der Waals surface area contributed by atoms with E-state index in [0.717, 1.165) is 13.0 Å². The van der Waals surface area contributed by atoms with Gasteiger partial charge in [-0.3, -0.25) is 4.79 Å². The largest absolute Gasteiger partial charge is 0.352 e. The number of nitrogens with one attached hydrogen (secondary N) is 2. The highest BCUT2D eigenvalue weighted by atomic mass is 16.2. The molecule has 1 aliphatic rings. The summed E-state index contributed by atoms with van der Waals surface area (Å²) in [7, 11) is 0. The third-order valence-electron chi connectivity index (χ3n) is 2.87. The molecule has 1 heterocycles. The van der Waals surface area contributed by atoms with Crippen LogP contribution in [0.3, 0.4) is 0 Å². The highest BCUT2D eigenvalue weighted by molar-refractivity contribution is 5.86. The SMILES string of the molecule is CCC[C@@H](NC(N)=O)C(=O)N1CCNC(C)C1. The van der Waals surface area contributed by atoms with Crippen molar-refractivity contribution in [3.63, 3.8) is 0 Å². The summed E-state index contributed by atoms with van der Waals surface area (Å²) in [6.45, 7) is 6.17. The van der Waals surface area contributed by atoms with Crippen LogP contribution in [0, 0.1) is 0 Å². The molecule has 1 aliphatic heterocycles. The standard InChI is InChI=1S/C11H22N4O2/c1-3-4-9(14-11(12)17)10(16)15-6-5-13-8(2)7-15/h8-9,13H,3-7H2,1-2H3,(H3,12,14,17)/t8?,9-/m1/s1. The fraction of sp³-hybridized carbons (Fsp3) is 0.818. The lowest BCUT2D eigenvalue weighted by Crippen LogP contribution is -2.57. The van der Waals surface area contributed by atoms with Crippen molar-refractivity contribution < 1.29 is 9.59 Å². The fourth-order valence-corrected chi connectivity index (χ4v) is 2.07. The van der Waals surface area contributed by atoms with Crippen LogP contribution in [0.15, 0.2) is 0 Å². The van der Waals surface area contributed by atoms with E-state index < -0.39 is 12.1 Å². The minimum Gasteiger partial charge on any atom is -0.352 e. The molecule has 1 unspecified atom stereocenters. The van der Waals surface area contributed by atoms with Crippen LogP contribution in [-0.4, -0.2) is 48.6 Å². The lowest BCUT2D eigenvalue weighted by Gasteiger charge is -2.34. The Morgan fingerprint density at radius 2 is 2.29 bits per heavy atom. The molecule has 2 atom stereocenters. The number of piperazine rings is 1. The van der Waals surface area contributed by atoms with E-state index >= 15 is 0 Å². The Labute approximate surface area is 102 Å². The van der Waals surface area contributed by atoms with Crippen molar-refractivity contribution in [3.05, 3.63) is 0 Å². The summed E-state index contributed by atoms with van der Waals surface area (Å²) in [6.07, 6.45) is 1.46. The average molecular weight is 242 g/mol. The van der Waals surface area contributed by atoms with Crippen molar-refractivity contribution in [1.82, 2.24) is 15.5 Å². The molecule has 0 aliphatic carbocycles. The molecule has 6 heteroatoms. The maximum Gasteiger partial charge on any atom is 0.312 e. The lowest BCUT2D eigenvalue weighted by atomic mass is 10.1. The molecule has 3 amide bonds. The van der Waals surface area contributed by atoms with E-state index in [-0.39, 0.29) is 5.91 Å². The highest BCUT2D eigenvalue weighted by Crippen LogP contribution is 2.06. The summed E-state index contributed by atoms with van der Waals surface area (Å²) < 4.78 is 0. The van der Waals surface area contributed by atoms with Gasteiger partial charge >= 0.3 is 6.03 Å². The lowest BCUT2D eigenvalue weighted by molar-refractivity contribution is -0.134. The van der Waals surface area contributed by atoms with Gasteiger partial charge in [0, 0.05) is 25.7 Å². The number of primary amides is 1. The van der Waals surface area contributed by atoms with Gasteiger partial charge in [0.1, 0.15) is 6.04 Å². The molecule has 1 saturated heterocycles. The van der Waals surface area contributed by atoms with Crippen molar-refractivity contribution in [1.29, 1.82) is 0 Å². The van der Waals surface area contributed by atoms with Gasteiger partial charge in [0.25, 0.3) is 0 Å². The molecule has 1 fully saturated rings. The van der Waals surface area contributed by atoms with Gasteiger partial charge in [-0.1, -0.05) is 13.3 Å². The zero-order chi connectivity index (χ0) is 12.8. The van der Waals surface area contributed by atoms with E-state index in [1.54, 1.807) is 4.90 Å². The third-order valence-corrected chi connectivity index (χ3v) is 2.87. The third kappa shape index (κ3) is 4.22. The predicted octanol–water partition coefficient (Wildman–Crippen LogP) is -0.356. The first-order valence-corrected chi connectivity index (χ1v) is 6.12. The minimum atomic E-state index is -0.639. The molecular weight excluding hydrogens is 220 g/mol. The van der Waals surface area contributed by atoms with Crippen LogP contribution in [-0.2, 0) is 4.79 Å². The first-order chi connectivity index (χ1) is 8.04. The Bertz CT molecular complexity index is 283. The molecule has 0 aromatic heterocycles. The van der Waals surface area contributed by atoms with Crippen molar-refractivity contribution in [2.45, 2.75) is 38.8 Å². The summed E-state index contributed by atoms with van der Waals surface area (Å²) in [5.74, 6) is -0.0287. The molecule has 4 N–H and O–H groups in total. The zero-order valence-corrected chi connectivity index (χ0v) is 10.5. The Kier molecular flexibility index (Phi) is 5.21. The van der Waals surface area contributed by atoms with E-state index in [1.807, 2.05) is 13.8 Å². The Hall–Kier alpha value is -1.30. The molecule has 1 rings (SSSR count). The monoisotopic (exact) mass is 242 g/mol. The van der Waals surface area contributed by atoms with Gasteiger partial charge in [-0.25, -0.2) is 4.79 Å². The van der Waals surface area contributed by atoms with Crippen LogP contribution in [0.4, 0.5) is 4.79 Å². The van der Waals surface area contributed by atoms with Gasteiger partial charge < -0.3 is 21.3 Å². The quantitative estimate of drug-likeness (QED) is 0.629. The second kappa shape index (κ2) is 6.44. The van der Waals surface area contributed by atoms with Crippen LogP contribution in [0.5, 0.6) is 0 Å². The first-order valence-electron chi connectivity index (χ1n) is 6.12. The maximum atomic E-state index is 12.2. The van der Waals surface area contributed by atoms with Crippen molar-refractivity contribution in [2.24, 2.45) is 5.73 Å². The van der Waals surface area contributed by atoms with E-state index in [0.29, 0.717) is 25.6 Å². The smallest absolute Gasteiger partial charge is 0.312 e. The Balaban J connectivity index is 2.59. The van der Waals surface area contributed by atoms with Crippen LogP contribution in [0.1, 0.15) is 26.7 Å². The topological polar surface area (TPSA) is 87.5 Å². The van der Waals surface area contributed by atoms with E-state index in [2.05, 4.69) is 10.6 Å². The summed E-state index contributed by atoms with van der Waals surface area (Å²) in [4.78, 5) is 24.9. The molecule has 0 saturated carbocycles. The van der Waals surface area contributed by atoms with E-state index in [4.69, 9.17) is 5.73 Å². The average Bonchev–Trinajstić information content (AvgIpc) is 2.27. The van der Waals surface area contributed by atoms with Gasteiger partial charge in [-0.2, -0.15) is 0 Å². The van der Waals surface area contributed by atoms with Crippen molar-refractivity contribution >= 4 is 11.9 Å². The van der Waals surface area contributed by atoms with Crippen LogP contribution < -0.4 is 16.4 Å². The molecule has 0 bridgehead atoms. The van der Waals surface area contributed by atoms with Gasteiger partial charge in [-0.15, -0.1) is 0 Å². The molecule has 0 aromatic carbocycles. The van der Waals surface area contributed by atoms with E-state index in [9.17, 15) is 9.59 Å². The molecule has 0 aromatic rings. The number of nitrogens with zero attached hydrogens (tertiary/aromatic N) is 1. The van der Waals surface area contributed by atoms with Gasteiger partial charge in [-0.05, 0) is 13.3 Å². The van der Waals surface area contributed by atoms with Crippen LogP contribution >= 0.6 is 0 Å². The molecule has 6 nitrogen and oxygen atoms in total. The fourth-order valence-electron chi connectivity index (χ4n) is 2.07. The van der Waals surface area contributed by atoms with Gasteiger partial charge in [0.2, 0.25) is 5.91 Å². The number of hydrogen-bond donors (Lipinski definition) is 3. The number of hydrogen-bond acceptors (Lipinski definition) is 3.